The van der Waals surface area contributed by atoms with Gasteiger partial charge in [0.05, 0.1) is 11.3 Å². The molecule has 0 atom stereocenters. The van der Waals surface area contributed by atoms with E-state index in [4.69, 9.17) is 11.6 Å². The fraction of sp³-hybridized carbons (Fsp3) is 0.167. The molecule has 25 heavy (non-hydrogen) atoms. The molecule has 1 aliphatic rings. The van der Waals surface area contributed by atoms with E-state index in [-0.39, 0.29) is 5.91 Å². The maximum Gasteiger partial charge on any atom is 0.271 e. The van der Waals surface area contributed by atoms with Crippen molar-refractivity contribution in [3.05, 3.63) is 64.7 Å². The summed E-state index contributed by atoms with van der Waals surface area (Å²) in [6.07, 6.45) is 1.24. The van der Waals surface area contributed by atoms with Crippen LogP contribution in [0.25, 0.3) is 0 Å². The Morgan fingerprint density at radius 3 is 2.48 bits per heavy atom. The van der Waals surface area contributed by atoms with Crippen LogP contribution < -0.4 is 15.8 Å². The largest absolute Gasteiger partial charge is 0.312 e. The topological polar surface area (TPSA) is 78.5 Å². The zero-order chi connectivity index (χ0) is 17.8. The number of carbonyl (C=O) groups excluding carboxylic acids is 3. The predicted molar refractivity (Wildman–Crippen MR) is 94.4 cm³/mol. The molecule has 0 aromatic heterocycles. The van der Waals surface area contributed by atoms with E-state index in [1.807, 2.05) is 0 Å². The number of rotatable bonds is 3. The van der Waals surface area contributed by atoms with Gasteiger partial charge in [-0.25, -0.2) is 0 Å². The Hall–Kier alpha value is -2.86. The van der Waals surface area contributed by atoms with Gasteiger partial charge in [-0.2, -0.15) is 0 Å². The molecular formula is C18H16ClN3O3. The highest BCUT2D eigenvalue weighted by molar-refractivity contribution is 6.31. The molecule has 0 unspecified atom stereocenters. The van der Waals surface area contributed by atoms with Gasteiger partial charge < -0.3 is 4.90 Å². The molecule has 3 amide bonds. The first-order valence-corrected chi connectivity index (χ1v) is 8.20. The Balaban J connectivity index is 1.72. The van der Waals surface area contributed by atoms with E-state index in [2.05, 4.69) is 10.9 Å². The van der Waals surface area contributed by atoms with Crippen molar-refractivity contribution in [3.8, 4) is 0 Å². The normalized spacial score (nSPS) is 13.6. The number of amides is 3. The first kappa shape index (κ1) is 17.0. The van der Waals surface area contributed by atoms with Gasteiger partial charge in [-0.3, -0.25) is 25.2 Å². The average Bonchev–Trinajstić information content (AvgIpc) is 3.05. The van der Waals surface area contributed by atoms with Gasteiger partial charge in [0.25, 0.3) is 11.8 Å². The van der Waals surface area contributed by atoms with Crippen molar-refractivity contribution in [2.75, 3.05) is 11.4 Å². The second-order valence-electron chi connectivity index (χ2n) is 5.58. The lowest BCUT2D eigenvalue weighted by Gasteiger charge is -2.19. The number of para-hydroxylation sites is 1. The maximum absolute atomic E-state index is 12.4. The number of carbonyl (C=O) groups is 3. The monoisotopic (exact) mass is 357 g/mol. The minimum absolute atomic E-state index is 0.0109. The smallest absolute Gasteiger partial charge is 0.271 e. The summed E-state index contributed by atoms with van der Waals surface area (Å²) in [5.74, 6) is -0.987. The fourth-order valence-electron chi connectivity index (χ4n) is 2.69. The molecule has 2 aromatic carbocycles. The van der Waals surface area contributed by atoms with E-state index in [0.717, 1.165) is 6.42 Å². The minimum Gasteiger partial charge on any atom is -0.312 e. The molecule has 1 heterocycles. The van der Waals surface area contributed by atoms with Crippen molar-refractivity contribution in [3.63, 3.8) is 0 Å². The first-order valence-electron chi connectivity index (χ1n) is 7.82. The predicted octanol–water partition coefficient (Wildman–Crippen LogP) is 2.54. The van der Waals surface area contributed by atoms with Crippen molar-refractivity contribution in [1.82, 2.24) is 10.9 Å². The fourth-order valence-corrected chi connectivity index (χ4v) is 2.88. The van der Waals surface area contributed by atoms with Crippen LogP contribution in [0.2, 0.25) is 5.02 Å². The Morgan fingerprint density at radius 2 is 1.76 bits per heavy atom. The molecule has 1 saturated heterocycles. The Bertz CT molecular complexity index is 838. The van der Waals surface area contributed by atoms with E-state index in [1.54, 1.807) is 47.4 Å². The molecule has 0 spiro atoms. The standard InChI is InChI=1S/C18H16ClN3O3/c19-13-6-3-5-12(11-13)17(24)20-21-18(25)14-7-1-2-8-15(14)22-10-4-9-16(22)23/h1-3,5-8,11H,4,9-10H2,(H,20,24)(H,21,25). The van der Waals surface area contributed by atoms with Crippen molar-refractivity contribution in [1.29, 1.82) is 0 Å². The number of benzene rings is 2. The summed E-state index contributed by atoms with van der Waals surface area (Å²) in [7, 11) is 0. The number of halogens is 1. The summed E-state index contributed by atoms with van der Waals surface area (Å²) in [4.78, 5) is 38.1. The number of hydrazine groups is 1. The molecule has 2 aromatic rings. The molecule has 1 aliphatic heterocycles. The van der Waals surface area contributed by atoms with Gasteiger partial charge in [-0.05, 0) is 36.8 Å². The molecule has 0 bridgehead atoms. The van der Waals surface area contributed by atoms with Crippen LogP contribution in [-0.2, 0) is 4.79 Å². The molecule has 6 nitrogen and oxygen atoms in total. The molecule has 0 radical (unpaired) electrons. The van der Waals surface area contributed by atoms with Crippen molar-refractivity contribution in [2.24, 2.45) is 0 Å². The lowest BCUT2D eigenvalue weighted by molar-refractivity contribution is -0.117. The molecule has 0 saturated carbocycles. The van der Waals surface area contributed by atoms with E-state index in [1.165, 1.54) is 6.07 Å². The third-order valence-corrected chi connectivity index (χ3v) is 4.12. The van der Waals surface area contributed by atoms with E-state index in [0.29, 0.717) is 34.8 Å². The first-order chi connectivity index (χ1) is 12.1. The van der Waals surface area contributed by atoms with Crippen LogP contribution in [0.4, 0.5) is 5.69 Å². The number of nitrogens with zero attached hydrogens (tertiary/aromatic N) is 1. The number of nitrogens with one attached hydrogen (secondary N) is 2. The van der Waals surface area contributed by atoms with Gasteiger partial charge in [0.1, 0.15) is 0 Å². The third kappa shape index (κ3) is 3.80. The van der Waals surface area contributed by atoms with E-state index < -0.39 is 11.8 Å². The molecule has 128 valence electrons. The summed E-state index contributed by atoms with van der Waals surface area (Å²) in [6, 6.07) is 13.2. The summed E-state index contributed by atoms with van der Waals surface area (Å²) in [5, 5.41) is 0.428. The SMILES string of the molecule is O=C(NNC(=O)c1ccccc1N1CCCC1=O)c1cccc(Cl)c1. The van der Waals surface area contributed by atoms with Gasteiger partial charge in [-0.15, -0.1) is 0 Å². The second kappa shape index (κ2) is 7.36. The zero-order valence-corrected chi connectivity index (χ0v) is 14.0. The van der Waals surface area contributed by atoms with E-state index in [9.17, 15) is 14.4 Å². The van der Waals surface area contributed by atoms with E-state index >= 15 is 0 Å². The highest BCUT2D eigenvalue weighted by atomic mass is 35.5. The van der Waals surface area contributed by atoms with Crippen LogP contribution in [0.15, 0.2) is 48.5 Å². The van der Waals surface area contributed by atoms with Crippen LogP contribution in [0, 0.1) is 0 Å². The quantitative estimate of drug-likeness (QED) is 0.828. The van der Waals surface area contributed by atoms with Gasteiger partial charge >= 0.3 is 0 Å². The summed E-state index contributed by atoms with van der Waals surface area (Å²) in [6.45, 7) is 0.581. The second-order valence-corrected chi connectivity index (χ2v) is 6.02. The Morgan fingerprint density at radius 1 is 1.00 bits per heavy atom. The van der Waals surface area contributed by atoms with Crippen LogP contribution >= 0.6 is 11.6 Å². The lowest BCUT2D eigenvalue weighted by Crippen LogP contribution is -2.42. The Labute approximate surface area is 149 Å². The van der Waals surface area contributed by atoms with Crippen molar-refractivity contribution >= 4 is 35.0 Å². The molecule has 2 N–H and O–H groups in total. The van der Waals surface area contributed by atoms with Gasteiger partial charge in [0.2, 0.25) is 5.91 Å². The molecular weight excluding hydrogens is 342 g/mol. The maximum atomic E-state index is 12.4. The number of hydrogen-bond acceptors (Lipinski definition) is 3. The molecule has 3 rings (SSSR count). The third-order valence-electron chi connectivity index (χ3n) is 3.89. The minimum atomic E-state index is -0.495. The number of hydrogen-bond donors (Lipinski definition) is 2. The highest BCUT2D eigenvalue weighted by Gasteiger charge is 2.25. The summed E-state index contributed by atoms with van der Waals surface area (Å²) < 4.78 is 0. The van der Waals surface area contributed by atoms with Gasteiger partial charge in [0.15, 0.2) is 0 Å². The van der Waals surface area contributed by atoms with Crippen LogP contribution in [0.1, 0.15) is 33.6 Å². The molecule has 7 heteroatoms. The number of anilines is 1. The highest BCUT2D eigenvalue weighted by Crippen LogP contribution is 2.25. The zero-order valence-electron chi connectivity index (χ0n) is 13.3. The van der Waals surface area contributed by atoms with Crippen molar-refractivity contribution in [2.45, 2.75) is 12.8 Å². The van der Waals surface area contributed by atoms with Crippen LogP contribution in [0.5, 0.6) is 0 Å². The van der Waals surface area contributed by atoms with Crippen LogP contribution in [0.3, 0.4) is 0 Å². The molecule has 1 fully saturated rings. The Kier molecular flexibility index (Phi) is 5.00. The lowest BCUT2D eigenvalue weighted by atomic mass is 10.1. The van der Waals surface area contributed by atoms with Gasteiger partial charge in [0, 0.05) is 23.6 Å². The summed E-state index contributed by atoms with van der Waals surface area (Å²) >= 11 is 5.85. The van der Waals surface area contributed by atoms with Gasteiger partial charge in [-0.1, -0.05) is 29.8 Å². The van der Waals surface area contributed by atoms with Crippen molar-refractivity contribution < 1.29 is 14.4 Å². The average molecular weight is 358 g/mol. The molecule has 0 aliphatic carbocycles. The van der Waals surface area contributed by atoms with Crippen LogP contribution in [-0.4, -0.2) is 24.3 Å². The summed E-state index contributed by atoms with van der Waals surface area (Å²) in [5.41, 5.74) is 5.92.